The van der Waals surface area contributed by atoms with E-state index in [4.69, 9.17) is 9.47 Å². The molecule has 0 aliphatic carbocycles. The number of methoxy groups -OCH3 is 1. The van der Waals surface area contributed by atoms with E-state index in [1.54, 1.807) is 23.3 Å². The maximum atomic E-state index is 13.0. The predicted molar refractivity (Wildman–Crippen MR) is 131 cm³/mol. The van der Waals surface area contributed by atoms with Crippen LogP contribution in [0.5, 0.6) is 11.5 Å². The second kappa shape index (κ2) is 9.06. The molecule has 160 valence electrons. The third-order valence-corrected chi connectivity index (χ3v) is 6.93. The molecule has 0 spiro atoms. The van der Waals surface area contributed by atoms with E-state index in [0.29, 0.717) is 27.6 Å². The van der Waals surface area contributed by atoms with Crippen molar-refractivity contribution >= 4 is 45.2 Å². The van der Waals surface area contributed by atoms with Gasteiger partial charge in [0.1, 0.15) is 0 Å². The number of rotatable bonds is 7. The maximum absolute atomic E-state index is 13.0. The molecule has 0 amide bonds. The number of para-hydroxylation sites is 2. The number of hydrogen-bond acceptors (Lipinski definition) is 6. The molecule has 2 aromatic heterocycles. The fraction of sp³-hybridized carbons (Fsp3) is 0.120. The number of nitrogens with zero attached hydrogens (tertiary/aromatic N) is 2. The third-order valence-electron chi connectivity index (χ3n) is 4.98. The highest BCUT2D eigenvalue weighted by molar-refractivity contribution is 7.99. The lowest BCUT2D eigenvalue weighted by atomic mass is 10.2. The Morgan fingerprint density at radius 3 is 2.69 bits per heavy atom. The second-order valence-corrected chi connectivity index (χ2v) is 9.23. The Kier molecular flexibility index (Phi) is 5.83. The normalized spacial score (nSPS) is 12.0. The summed E-state index contributed by atoms with van der Waals surface area (Å²) in [5, 5.41) is 0. The molecule has 0 saturated carbocycles. The molecule has 7 heteroatoms. The van der Waals surface area contributed by atoms with Gasteiger partial charge in [0.2, 0.25) is 0 Å². The van der Waals surface area contributed by atoms with Crippen molar-refractivity contribution in [1.29, 1.82) is 0 Å². The van der Waals surface area contributed by atoms with Gasteiger partial charge >= 0.3 is 0 Å². The standard InChI is InChI=1S/C25H20N2O3S2/c1-29-22-15-17(11-12-21(22)30-13-14-31-18-7-3-2-4-8-18)16-23-24(28)27-20-10-6-5-9-19(20)26-25(27)32-23/h2-12,15-16H,13-14H2,1H3/b23-16-. The van der Waals surface area contributed by atoms with Crippen molar-refractivity contribution < 1.29 is 9.47 Å². The van der Waals surface area contributed by atoms with Gasteiger partial charge in [0.05, 0.1) is 29.3 Å². The molecule has 0 saturated heterocycles. The molecule has 32 heavy (non-hydrogen) atoms. The smallest absolute Gasteiger partial charge is 0.274 e. The lowest BCUT2D eigenvalue weighted by Gasteiger charge is -2.11. The Labute approximate surface area is 192 Å². The Balaban J connectivity index is 1.36. The fourth-order valence-electron chi connectivity index (χ4n) is 3.48. The van der Waals surface area contributed by atoms with E-state index < -0.39 is 0 Å². The number of imidazole rings is 1. The van der Waals surface area contributed by atoms with Crippen LogP contribution in [0, 0.1) is 0 Å². The number of hydrogen-bond donors (Lipinski definition) is 0. The first-order chi connectivity index (χ1) is 15.7. The summed E-state index contributed by atoms with van der Waals surface area (Å²) >= 11 is 3.14. The van der Waals surface area contributed by atoms with Gasteiger partial charge in [-0.05, 0) is 48.0 Å². The van der Waals surface area contributed by atoms with Crippen LogP contribution in [0.15, 0.2) is 82.5 Å². The molecule has 5 aromatic rings. The molecule has 2 heterocycles. The van der Waals surface area contributed by atoms with Crippen LogP contribution in [0.4, 0.5) is 0 Å². The van der Waals surface area contributed by atoms with Gasteiger partial charge in [-0.25, -0.2) is 9.38 Å². The van der Waals surface area contributed by atoms with Gasteiger partial charge in [-0.1, -0.05) is 47.7 Å². The van der Waals surface area contributed by atoms with Crippen molar-refractivity contribution in [3.63, 3.8) is 0 Å². The van der Waals surface area contributed by atoms with Gasteiger partial charge in [0.15, 0.2) is 16.5 Å². The number of thiazole rings is 1. The summed E-state index contributed by atoms with van der Waals surface area (Å²) in [4.78, 5) is 19.4. The molecular formula is C25H20N2O3S2. The van der Waals surface area contributed by atoms with Crippen molar-refractivity contribution in [1.82, 2.24) is 9.38 Å². The van der Waals surface area contributed by atoms with Gasteiger partial charge in [-0.3, -0.25) is 4.79 Å². The lowest BCUT2D eigenvalue weighted by Crippen LogP contribution is -2.22. The van der Waals surface area contributed by atoms with Crippen LogP contribution in [0.1, 0.15) is 5.56 Å². The Morgan fingerprint density at radius 2 is 1.84 bits per heavy atom. The Hall–Kier alpha value is -3.29. The molecule has 0 bridgehead atoms. The fourth-order valence-corrected chi connectivity index (χ4v) is 5.22. The Bertz CT molecular complexity index is 1490. The van der Waals surface area contributed by atoms with Crippen LogP contribution in [0.3, 0.4) is 0 Å². The summed E-state index contributed by atoms with van der Waals surface area (Å²) in [6, 6.07) is 23.6. The van der Waals surface area contributed by atoms with Gasteiger partial charge in [-0.15, -0.1) is 11.8 Å². The quantitative estimate of drug-likeness (QED) is 0.262. The molecule has 5 rings (SSSR count). The minimum Gasteiger partial charge on any atom is -0.493 e. The van der Waals surface area contributed by atoms with E-state index in [0.717, 1.165) is 22.3 Å². The van der Waals surface area contributed by atoms with Crippen LogP contribution in [0.25, 0.3) is 22.1 Å². The van der Waals surface area contributed by atoms with E-state index in [1.165, 1.54) is 16.2 Å². The van der Waals surface area contributed by atoms with Crippen LogP contribution < -0.4 is 19.6 Å². The largest absolute Gasteiger partial charge is 0.493 e. The van der Waals surface area contributed by atoms with Crippen LogP contribution in [0.2, 0.25) is 0 Å². The predicted octanol–water partition coefficient (Wildman–Crippen LogP) is 4.64. The monoisotopic (exact) mass is 460 g/mol. The summed E-state index contributed by atoms with van der Waals surface area (Å²) in [7, 11) is 1.62. The number of thioether (sulfide) groups is 1. The van der Waals surface area contributed by atoms with E-state index in [9.17, 15) is 4.79 Å². The zero-order valence-electron chi connectivity index (χ0n) is 17.4. The topological polar surface area (TPSA) is 52.8 Å². The summed E-state index contributed by atoms with van der Waals surface area (Å²) < 4.78 is 13.8. The molecule has 0 aliphatic rings. The molecule has 0 aliphatic heterocycles. The van der Waals surface area contributed by atoms with E-state index in [1.807, 2.05) is 66.7 Å². The lowest BCUT2D eigenvalue weighted by molar-refractivity contribution is 0.313. The molecule has 3 aromatic carbocycles. The molecule has 0 atom stereocenters. The average molecular weight is 461 g/mol. The van der Waals surface area contributed by atoms with Crippen molar-refractivity contribution in [3.05, 3.63) is 93.2 Å². The van der Waals surface area contributed by atoms with Crippen molar-refractivity contribution in [2.24, 2.45) is 0 Å². The first-order valence-electron chi connectivity index (χ1n) is 10.1. The molecule has 0 unspecified atom stereocenters. The van der Waals surface area contributed by atoms with Gasteiger partial charge < -0.3 is 9.47 Å². The zero-order valence-corrected chi connectivity index (χ0v) is 19.0. The highest BCUT2D eigenvalue weighted by atomic mass is 32.2. The summed E-state index contributed by atoms with van der Waals surface area (Å²) in [5.74, 6) is 2.17. The SMILES string of the molecule is COc1cc(/C=c2\sc3nc4ccccc4n3c2=O)ccc1OCCSc1ccccc1. The van der Waals surface area contributed by atoms with Crippen LogP contribution >= 0.6 is 23.1 Å². The highest BCUT2D eigenvalue weighted by Crippen LogP contribution is 2.29. The minimum atomic E-state index is -0.0593. The van der Waals surface area contributed by atoms with Gasteiger partial charge in [0.25, 0.3) is 5.56 Å². The maximum Gasteiger partial charge on any atom is 0.274 e. The number of benzene rings is 3. The van der Waals surface area contributed by atoms with Crippen molar-refractivity contribution in [3.8, 4) is 11.5 Å². The minimum absolute atomic E-state index is 0.0593. The zero-order chi connectivity index (χ0) is 21.9. The van der Waals surface area contributed by atoms with E-state index >= 15 is 0 Å². The summed E-state index contributed by atoms with van der Waals surface area (Å²) in [5.41, 5.74) is 2.48. The molecule has 5 nitrogen and oxygen atoms in total. The van der Waals surface area contributed by atoms with Crippen LogP contribution in [-0.2, 0) is 0 Å². The Morgan fingerprint density at radius 1 is 1.03 bits per heavy atom. The number of fused-ring (bicyclic) bond motifs is 3. The van der Waals surface area contributed by atoms with E-state index in [2.05, 4.69) is 17.1 Å². The summed E-state index contributed by atoms with van der Waals surface area (Å²) in [6.07, 6.45) is 1.87. The number of aromatic nitrogens is 2. The van der Waals surface area contributed by atoms with Crippen molar-refractivity contribution in [2.75, 3.05) is 19.5 Å². The third kappa shape index (κ3) is 4.09. The van der Waals surface area contributed by atoms with Gasteiger partial charge in [0, 0.05) is 10.6 Å². The molecule has 0 N–H and O–H groups in total. The second-order valence-electron chi connectivity index (χ2n) is 7.05. The summed E-state index contributed by atoms with van der Waals surface area (Å²) in [6.45, 7) is 0.568. The number of ether oxygens (including phenoxy) is 2. The first-order valence-corrected chi connectivity index (χ1v) is 11.9. The first kappa shape index (κ1) is 20.6. The average Bonchev–Trinajstić information content (AvgIpc) is 3.34. The molecule has 0 fully saturated rings. The van der Waals surface area contributed by atoms with Crippen molar-refractivity contribution in [2.45, 2.75) is 4.90 Å². The van der Waals surface area contributed by atoms with Gasteiger partial charge in [-0.2, -0.15) is 0 Å². The highest BCUT2D eigenvalue weighted by Gasteiger charge is 2.11. The molecular weight excluding hydrogens is 440 g/mol. The van der Waals surface area contributed by atoms with Crippen LogP contribution in [-0.4, -0.2) is 28.9 Å². The molecule has 0 radical (unpaired) electrons. The van der Waals surface area contributed by atoms with E-state index in [-0.39, 0.29) is 5.56 Å².